The maximum atomic E-state index is 11.1. The molecule has 0 aliphatic carbocycles. The third kappa shape index (κ3) is 4.87. The first kappa shape index (κ1) is 18.0. The van der Waals surface area contributed by atoms with Crippen LogP contribution in [-0.2, 0) is 13.1 Å². The highest BCUT2D eigenvalue weighted by Gasteiger charge is 2.23. The molecule has 0 unspecified atom stereocenters. The number of nitrogens with zero attached hydrogens (tertiary/aromatic N) is 3. The van der Waals surface area contributed by atoms with Crippen LogP contribution in [0.15, 0.2) is 29.8 Å². The zero-order valence-electron chi connectivity index (χ0n) is 14.9. The normalized spacial score (nSPS) is 18.1. The van der Waals surface area contributed by atoms with Crippen LogP contribution in [0.5, 0.6) is 0 Å². The molecule has 1 aromatic heterocycles. The van der Waals surface area contributed by atoms with Crippen molar-refractivity contribution >= 4 is 17.2 Å². The molecule has 1 amide bonds. The van der Waals surface area contributed by atoms with Crippen LogP contribution in [0.1, 0.15) is 32.9 Å². The largest absolute Gasteiger partial charge is 0.366 e. The number of aromatic nitrogens is 1. The smallest absolute Gasteiger partial charge is 0.248 e. The van der Waals surface area contributed by atoms with Crippen LogP contribution in [0.25, 0.3) is 0 Å². The third-order valence-corrected chi connectivity index (χ3v) is 5.76. The Hall–Kier alpha value is -1.76. The molecule has 2 heterocycles. The Morgan fingerprint density at radius 2 is 2.16 bits per heavy atom. The van der Waals surface area contributed by atoms with Crippen LogP contribution >= 0.6 is 11.3 Å². The minimum Gasteiger partial charge on any atom is -0.366 e. The van der Waals surface area contributed by atoms with Crippen molar-refractivity contribution in [2.75, 3.05) is 26.7 Å². The summed E-state index contributed by atoms with van der Waals surface area (Å²) in [4.78, 5) is 21.7. The fourth-order valence-corrected chi connectivity index (χ4v) is 4.32. The fraction of sp³-hybridized carbons (Fsp3) is 0.474. The summed E-state index contributed by atoms with van der Waals surface area (Å²) in [6.07, 6.45) is 1.24. The number of primary amides is 1. The molecule has 1 saturated heterocycles. The molecule has 1 fully saturated rings. The lowest BCUT2D eigenvalue weighted by Gasteiger charge is -2.21. The van der Waals surface area contributed by atoms with Crippen molar-refractivity contribution < 1.29 is 4.79 Å². The first-order valence-electron chi connectivity index (χ1n) is 8.70. The Bertz CT molecular complexity index is 712. The van der Waals surface area contributed by atoms with Crippen molar-refractivity contribution in [2.45, 2.75) is 26.4 Å². The third-order valence-electron chi connectivity index (χ3n) is 4.84. The molecule has 3 rings (SSSR count). The number of carbonyl (C=O) groups is 1. The first-order chi connectivity index (χ1) is 12.0. The molecule has 0 saturated carbocycles. The van der Waals surface area contributed by atoms with Gasteiger partial charge in [-0.1, -0.05) is 12.1 Å². The SMILES string of the molecule is Cc1ncsc1CN(C)C[C@H]1CCN(Cc2ccc(C(N)=O)cc2)C1. The number of amides is 1. The van der Waals surface area contributed by atoms with Crippen molar-refractivity contribution in [3.05, 3.63) is 51.5 Å². The van der Waals surface area contributed by atoms with Crippen molar-refractivity contribution in [3.63, 3.8) is 0 Å². The van der Waals surface area contributed by atoms with E-state index >= 15 is 0 Å². The van der Waals surface area contributed by atoms with E-state index in [1.165, 1.54) is 16.9 Å². The summed E-state index contributed by atoms with van der Waals surface area (Å²) in [6, 6.07) is 7.64. The highest BCUT2D eigenvalue weighted by atomic mass is 32.1. The summed E-state index contributed by atoms with van der Waals surface area (Å²) in [6.45, 7) is 7.39. The van der Waals surface area contributed by atoms with E-state index in [2.05, 4.69) is 28.8 Å². The van der Waals surface area contributed by atoms with E-state index in [9.17, 15) is 4.79 Å². The molecule has 25 heavy (non-hydrogen) atoms. The van der Waals surface area contributed by atoms with E-state index < -0.39 is 0 Å². The van der Waals surface area contributed by atoms with Crippen molar-refractivity contribution in [1.29, 1.82) is 0 Å². The molecule has 134 valence electrons. The van der Waals surface area contributed by atoms with Gasteiger partial charge >= 0.3 is 0 Å². The van der Waals surface area contributed by atoms with Gasteiger partial charge < -0.3 is 10.6 Å². The molecule has 6 heteroatoms. The van der Waals surface area contributed by atoms with Gasteiger partial charge in [0.2, 0.25) is 5.91 Å². The molecular weight excluding hydrogens is 332 g/mol. The van der Waals surface area contributed by atoms with E-state index in [0.717, 1.165) is 38.4 Å². The zero-order valence-corrected chi connectivity index (χ0v) is 15.8. The predicted molar refractivity (Wildman–Crippen MR) is 102 cm³/mol. The molecule has 0 spiro atoms. The van der Waals surface area contributed by atoms with Gasteiger partial charge in [-0.2, -0.15) is 0 Å². The lowest BCUT2D eigenvalue weighted by atomic mass is 10.1. The van der Waals surface area contributed by atoms with Gasteiger partial charge in [0.25, 0.3) is 0 Å². The van der Waals surface area contributed by atoms with Crippen LogP contribution in [0.2, 0.25) is 0 Å². The van der Waals surface area contributed by atoms with Crippen LogP contribution in [0.4, 0.5) is 0 Å². The predicted octanol–water partition coefficient (Wildman–Crippen LogP) is 2.50. The molecule has 0 bridgehead atoms. The van der Waals surface area contributed by atoms with Gasteiger partial charge in [-0.25, -0.2) is 4.98 Å². The van der Waals surface area contributed by atoms with Crippen LogP contribution in [0, 0.1) is 12.8 Å². The van der Waals surface area contributed by atoms with Crippen LogP contribution in [-0.4, -0.2) is 47.4 Å². The molecule has 2 aromatic rings. The molecule has 1 atom stereocenters. The molecule has 0 radical (unpaired) electrons. The van der Waals surface area contributed by atoms with E-state index in [0.29, 0.717) is 11.5 Å². The van der Waals surface area contributed by atoms with Gasteiger partial charge in [0.1, 0.15) is 0 Å². The Kier molecular flexibility index (Phi) is 5.83. The molecular formula is C19H26N4OS. The van der Waals surface area contributed by atoms with Crippen molar-refractivity contribution in [3.8, 4) is 0 Å². The highest BCUT2D eigenvalue weighted by molar-refractivity contribution is 7.09. The molecule has 5 nitrogen and oxygen atoms in total. The number of carbonyl (C=O) groups excluding carboxylic acids is 1. The highest BCUT2D eigenvalue weighted by Crippen LogP contribution is 2.21. The summed E-state index contributed by atoms with van der Waals surface area (Å²) < 4.78 is 0. The van der Waals surface area contributed by atoms with Gasteiger partial charge in [0.15, 0.2) is 0 Å². The van der Waals surface area contributed by atoms with Crippen LogP contribution in [0.3, 0.4) is 0 Å². The summed E-state index contributed by atoms with van der Waals surface area (Å²) in [5.74, 6) is 0.343. The van der Waals surface area contributed by atoms with Gasteiger partial charge in [-0.15, -0.1) is 11.3 Å². The number of nitrogens with two attached hydrogens (primary N) is 1. The molecule has 1 aliphatic heterocycles. The Morgan fingerprint density at radius 3 is 2.80 bits per heavy atom. The number of thiazole rings is 1. The standard InChI is InChI=1S/C19H26N4OS/c1-14-18(25-13-21-14)12-22(2)9-16-7-8-23(11-16)10-15-3-5-17(6-4-15)19(20)24/h3-6,13,16H,7-12H2,1-2H3,(H2,20,24)/t16-/m1/s1. The second-order valence-corrected chi connectivity index (χ2v) is 7.95. The van der Waals surface area contributed by atoms with Gasteiger partial charge in [0, 0.05) is 36.6 Å². The topological polar surface area (TPSA) is 62.5 Å². The Morgan fingerprint density at radius 1 is 1.40 bits per heavy atom. The molecule has 1 aromatic carbocycles. The molecule has 2 N–H and O–H groups in total. The minimum atomic E-state index is -0.369. The number of aryl methyl sites for hydroxylation is 1. The van der Waals surface area contributed by atoms with Gasteiger partial charge in [-0.3, -0.25) is 9.69 Å². The monoisotopic (exact) mass is 358 g/mol. The second kappa shape index (κ2) is 8.08. The minimum absolute atomic E-state index is 0.369. The Labute approximate surface area is 153 Å². The second-order valence-electron chi connectivity index (χ2n) is 7.01. The molecule has 1 aliphatic rings. The first-order valence-corrected chi connectivity index (χ1v) is 9.58. The Balaban J connectivity index is 1.46. The summed E-state index contributed by atoms with van der Waals surface area (Å²) in [5.41, 5.74) is 10.2. The average molecular weight is 359 g/mol. The summed E-state index contributed by atoms with van der Waals surface area (Å²) in [5, 5.41) is 0. The number of rotatable bonds is 7. The van der Waals surface area contributed by atoms with E-state index in [4.69, 9.17) is 5.73 Å². The number of likely N-dealkylation sites (tertiary alicyclic amines) is 1. The van der Waals surface area contributed by atoms with E-state index in [1.807, 2.05) is 29.8 Å². The van der Waals surface area contributed by atoms with Crippen molar-refractivity contribution in [2.24, 2.45) is 11.7 Å². The van der Waals surface area contributed by atoms with Crippen LogP contribution < -0.4 is 5.73 Å². The summed E-state index contributed by atoms with van der Waals surface area (Å²) in [7, 11) is 2.20. The van der Waals surface area contributed by atoms with E-state index in [-0.39, 0.29) is 5.91 Å². The number of hydrogen-bond acceptors (Lipinski definition) is 5. The van der Waals surface area contributed by atoms with Gasteiger partial charge in [0.05, 0.1) is 11.2 Å². The number of benzene rings is 1. The lowest BCUT2D eigenvalue weighted by Crippen LogP contribution is -2.28. The van der Waals surface area contributed by atoms with E-state index in [1.54, 1.807) is 11.3 Å². The zero-order chi connectivity index (χ0) is 17.8. The average Bonchev–Trinajstić information content (AvgIpc) is 3.17. The maximum absolute atomic E-state index is 11.1. The maximum Gasteiger partial charge on any atom is 0.248 e. The lowest BCUT2D eigenvalue weighted by molar-refractivity contribution is 0.100. The number of hydrogen-bond donors (Lipinski definition) is 1. The quantitative estimate of drug-likeness (QED) is 0.826. The van der Waals surface area contributed by atoms with Crippen molar-refractivity contribution in [1.82, 2.24) is 14.8 Å². The fourth-order valence-electron chi connectivity index (χ4n) is 3.47. The summed E-state index contributed by atoms with van der Waals surface area (Å²) >= 11 is 1.75. The van der Waals surface area contributed by atoms with Gasteiger partial charge in [-0.05, 0) is 50.6 Å².